The maximum Gasteiger partial charge on any atom is 0.163 e. The predicted molar refractivity (Wildman–Crippen MR) is 181 cm³/mol. The minimum absolute atomic E-state index is 0.0889. The van der Waals surface area contributed by atoms with Gasteiger partial charge in [0.1, 0.15) is 0 Å². The lowest BCUT2D eigenvalue weighted by Crippen LogP contribution is -2.25. The molecule has 0 atom stereocenters. The highest BCUT2D eigenvalue weighted by Gasteiger charge is 2.32. The number of hydrogen-bond donors (Lipinski definition) is 0. The minimum Gasteiger partial charge on any atom is -0.294 e. The van der Waals surface area contributed by atoms with Gasteiger partial charge in [0.05, 0.1) is 0 Å². The Labute approximate surface area is 256 Å². The third kappa shape index (κ3) is 10.7. The molecule has 2 aliphatic carbocycles. The molecule has 0 aromatic heterocycles. The zero-order chi connectivity index (χ0) is 31.5. The molecule has 0 aliphatic heterocycles. The Morgan fingerprint density at radius 3 is 1.19 bits per heavy atom. The van der Waals surface area contributed by atoms with Crippen LogP contribution in [0.3, 0.4) is 0 Å². The number of rotatable bonds is 10. The molecule has 0 aromatic rings. The van der Waals surface area contributed by atoms with Gasteiger partial charge in [-0.2, -0.15) is 0 Å². The Hall–Kier alpha value is -3.52. The van der Waals surface area contributed by atoms with E-state index in [1.54, 1.807) is 12.8 Å². The van der Waals surface area contributed by atoms with Crippen LogP contribution in [0.4, 0.5) is 0 Å². The van der Waals surface area contributed by atoms with Crippen LogP contribution >= 0.6 is 0 Å². The first-order valence-electron chi connectivity index (χ1n) is 14.6. The Balaban J connectivity index is 1.93. The predicted octanol–water partition coefficient (Wildman–Crippen LogP) is 10.2. The number of carbonyl (C=O) groups excluding carboxylic acids is 2. The summed E-state index contributed by atoms with van der Waals surface area (Å²) in [5.74, 6) is 0.178. The molecule has 2 aliphatic rings. The summed E-state index contributed by atoms with van der Waals surface area (Å²) in [4.78, 5) is 24.1. The van der Waals surface area contributed by atoms with Crippen LogP contribution in [0.15, 0.2) is 130 Å². The summed E-state index contributed by atoms with van der Waals surface area (Å²) < 4.78 is 0. The van der Waals surface area contributed by atoms with E-state index in [2.05, 4.69) is 116 Å². The van der Waals surface area contributed by atoms with Gasteiger partial charge in [0, 0.05) is 12.8 Å². The molecule has 0 aromatic carbocycles. The molecule has 0 saturated heterocycles. The second-order valence-electron chi connectivity index (χ2n) is 12.3. The smallest absolute Gasteiger partial charge is 0.163 e. The summed E-state index contributed by atoms with van der Waals surface area (Å²) in [6, 6.07) is 0. The van der Waals surface area contributed by atoms with Crippen LogP contribution in [-0.2, 0) is 9.59 Å². The Bertz CT molecular complexity index is 1270. The van der Waals surface area contributed by atoms with Crippen LogP contribution in [0.2, 0.25) is 0 Å². The normalized spacial score (nSPS) is 21.6. The van der Waals surface area contributed by atoms with Crippen molar-refractivity contribution in [1.82, 2.24) is 0 Å². The standard InChI is InChI=1S/C40H48O2/c1-29(17-13-19-31(3)21-23-35-33(5)37(41)25-27-39(35,7)8)15-11-12-16-30(2)18-14-20-32(4)22-24-36-34(6)38(42)26-28-40(36,9)10/h11-28H,1-10H3/b12-11+,17-13+,18-14+,23-21+,24-22+,29-15+,30-16+,31-19+,32-20+. The van der Waals surface area contributed by atoms with Crippen molar-refractivity contribution in [1.29, 1.82) is 0 Å². The topological polar surface area (TPSA) is 34.1 Å². The van der Waals surface area contributed by atoms with Crippen molar-refractivity contribution in [2.24, 2.45) is 10.8 Å². The summed E-state index contributed by atoms with van der Waals surface area (Å²) in [6.45, 7) is 20.6. The first-order valence-corrected chi connectivity index (χ1v) is 14.6. The SMILES string of the molecule is CC1=C(/C=C/C(C)=C/C=C/C(C)=C/C=C/C=C(C)/C=C/C=C(C)/C=C/C2=C(C)C(=O)[CH][CH]C2(C)C)C(C)(C)[CH][CH]C1=O. The largest absolute Gasteiger partial charge is 0.294 e. The lowest BCUT2D eigenvalue weighted by atomic mass is 9.72. The van der Waals surface area contributed by atoms with Gasteiger partial charge in [-0.15, -0.1) is 0 Å². The van der Waals surface area contributed by atoms with Crippen molar-refractivity contribution < 1.29 is 9.59 Å². The molecule has 0 bridgehead atoms. The van der Waals surface area contributed by atoms with Gasteiger partial charge in [-0.3, -0.25) is 9.59 Å². The third-order valence-corrected chi connectivity index (χ3v) is 7.53. The van der Waals surface area contributed by atoms with E-state index >= 15 is 0 Å². The van der Waals surface area contributed by atoms with Crippen LogP contribution < -0.4 is 0 Å². The lowest BCUT2D eigenvalue weighted by molar-refractivity contribution is -0.113. The Morgan fingerprint density at radius 2 is 0.833 bits per heavy atom. The molecule has 220 valence electrons. The van der Waals surface area contributed by atoms with Gasteiger partial charge in [0.2, 0.25) is 0 Å². The minimum atomic E-state index is -0.142. The van der Waals surface area contributed by atoms with E-state index in [9.17, 15) is 9.59 Å². The maximum absolute atomic E-state index is 12.1. The van der Waals surface area contributed by atoms with E-state index in [1.165, 1.54) is 0 Å². The molecule has 0 fully saturated rings. The maximum atomic E-state index is 12.1. The van der Waals surface area contributed by atoms with Crippen molar-refractivity contribution in [3.8, 4) is 0 Å². The summed E-state index contributed by atoms with van der Waals surface area (Å²) in [6.07, 6.45) is 36.2. The molecule has 2 rings (SSSR count). The van der Waals surface area contributed by atoms with Crippen LogP contribution in [0, 0.1) is 36.5 Å². The molecular weight excluding hydrogens is 512 g/mol. The fourth-order valence-corrected chi connectivity index (χ4v) is 4.68. The first kappa shape index (κ1) is 34.7. The third-order valence-electron chi connectivity index (χ3n) is 7.53. The van der Waals surface area contributed by atoms with Crippen molar-refractivity contribution in [3.05, 3.63) is 155 Å². The molecule has 4 radical (unpaired) electrons. The van der Waals surface area contributed by atoms with Gasteiger partial charge in [-0.1, -0.05) is 135 Å². The highest BCUT2D eigenvalue weighted by atomic mass is 16.1. The molecule has 0 unspecified atom stereocenters. The number of Topliss-reactive ketones (excluding diaryl/α,β-unsaturated/α-hetero) is 2. The van der Waals surface area contributed by atoms with Crippen molar-refractivity contribution in [2.75, 3.05) is 0 Å². The lowest BCUT2D eigenvalue weighted by Gasteiger charge is -2.31. The second kappa shape index (κ2) is 15.6. The van der Waals surface area contributed by atoms with Crippen LogP contribution in [-0.4, -0.2) is 11.6 Å². The zero-order valence-corrected chi connectivity index (χ0v) is 27.2. The molecule has 0 heterocycles. The first-order chi connectivity index (χ1) is 19.6. The van der Waals surface area contributed by atoms with E-state index in [-0.39, 0.29) is 22.4 Å². The zero-order valence-electron chi connectivity index (χ0n) is 27.2. The average Bonchev–Trinajstić information content (AvgIpc) is 2.91. The Kier molecular flexibility index (Phi) is 12.9. The number of allylic oxidation sites excluding steroid dienone is 22. The van der Waals surface area contributed by atoms with Crippen LogP contribution in [0.5, 0.6) is 0 Å². The summed E-state index contributed by atoms with van der Waals surface area (Å²) in [5, 5.41) is 0. The number of hydrogen-bond acceptors (Lipinski definition) is 2. The van der Waals surface area contributed by atoms with Crippen LogP contribution in [0.1, 0.15) is 69.2 Å². The second-order valence-corrected chi connectivity index (χ2v) is 12.3. The van der Waals surface area contributed by atoms with Crippen molar-refractivity contribution in [2.45, 2.75) is 69.2 Å². The number of carbonyl (C=O) groups is 2. The summed E-state index contributed by atoms with van der Waals surface area (Å²) in [5.41, 5.74) is 8.02. The average molecular weight is 561 g/mol. The molecule has 2 heteroatoms. The van der Waals surface area contributed by atoms with Crippen molar-refractivity contribution >= 4 is 11.6 Å². The molecule has 2 nitrogen and oxygen atoms in total. The van der Waals surface area contributed by atoms with E-state index in [0.717, 1.165) is 44.6 Å². The van der Waals surface area contributed by atoms with Gasteiger partial charge in [0.15, 0.2) is 11.6 Å². The molecule has 42 heavy (non-hydrogen) atoms. The quantitative estimate of drug-likeness (QED) is 0.249. The van der Waals surface area contributed by atoms with E-state index in [4.69, 9.17) is 0 Å². The molecule has 0 N–H and O–H groups in total. The summed E-state index contributed by atoms with van der Waals surface area (Å²) in [7, 11) is 0. The molecule has 0 amide bonds. The summed E-state index contributed by atoms with van der Waals surface area (Å²) >= 11 is 0. The van der Waals surface area contributed by atoms with E-state index in [0.29, 0.717) is 0 Å². The molecule has 0 saturated carbocycles. The van der Waals surface area contributed by atoms with Gasteiger partial charge in [0.25, 0.3) is 0 Å². The molecule has 0 spiro atoms. The molecular formula is C40H48O2. The van der Waals surface area contributed by atoms with Gasteiger partial charge in [-0.25, -0.2) is 0 Å². The van der Waals surface area contributed by atoms with Crippen LogP contribution in [0.25, 0.3) is 0 Å². The van der Waals surface area contributed by atoms with E-state index in [1.807, 2.05) is 51.0 Å². The van der Waals surface area contributed by atoms with Gasteiger partial charge < -0.3 is 0 Å². The number of ketones is 2. The van der Waals surface area contributed by atoms with Gasteiger partial charge in [-0.05, 0) is 87.5 Å². The van der Waals surface area contributed by atoms with Crippen molar-refractivity contribution in [3.63, 3.8) is 0 Å². The Morgan fingerprint density at radius 1 is 0.524 bits per heavy atom. The highest BCUT2D eigenvalue weighted by Crippen LogP contribution is 2.39. The fraction of sp³-hybridized carbons (Fsp3) is 0.300. The monoisotopic (exact) mass is 560 g/mol. The van der Waals surface area contributed by atoms with E-state index < -0.39 is 0 Å². The van der Waals surface area contributed by atoms with Gasteiger partial charge >= 0.3 is 0 Å². The fourth-order valence-electron chi connectivity index (χ4n) is 4.68. The highest BCUT2D eigenvalue weighted by molar-refractivity contribution is 6.05.